The predicted molar refractivity (Wildman–Crippen MR) is 202 cm³/mol. The largest absolute Gasteiger partial charge is 0.455 e. The molecule has 6 rings (SSSR count). The quantitative estimate of drug-likeness (QED) is 0.0787. The Morgan fingerprint density at radius 1 is 1.02 bits per heavy atom. The number of benzene rings is 2. The number of alkyl halides is 1. The minimum atomic E-state index is -2.35. The fourth-order valence-corrected chi connectivity index (χ4v) is 9.54. The number of hydrogen-bond acceptors (Lipinski definition) is 15. The lowest BCUT2D eigenvalue weighted by molar-refractivity contribution is -0.346. The van der Waals surface area contributed by atoms with Gasteiger partial charge >= 0.3 is 23.9 Å². The van der Waals surface area contributed by atoms with Crippen molar-refractivity contribution < 1.29 is 63.0 Å². The Balaban J connectivity index is 1.54. The highest BCUT2D eigenvalue weighted by molar-refractivity contribution is 6.26. The smallest absolute Gasteiger partial charge is 0.350 e. The Hall–Kier alpha value is -4.48. The summed E-state index contributed by atoms with van der Waals surface area (Å²) in [6.07, 6.45) is -10.2. The molecular formula is C40H46BClN2O13. The number of carbonyl (C=O) groups is 5. The average molecular weight is 809 g/mol. The second kappa shape index (κ2) is 15.7. The van der Waals surface area contributed by atoms with E-state index < -0.39 is 113 Å². The van der Waals surface area contributed by atoms with Crippen LogP contribution in [0.1, 0.15) is 69.4 Å². The summed E-state index contributed by atoms with van der Waals surface area (Å²) >= 11 is 5.79. The fraction of sp³-hybridized carbons (Fsp3) is 0.525. The highest BCUT2D eigenvalue weighted by atomic mass is 35.5. The van der Waals surface area contributed by atoms with Gasteiger partial charge < -0.3 is 39.0 Å². The number of carbonyl (C=O) groups excluding carboxylic acids is 5. The standard InChI is InChI=1S/C40H46BClN2O13/c1-20-24(54-36(51)31(55-27(47)18-42)29(43-44-41)22-12-8-6-9-13-22)17-40(52)34(56-35(50)23-14-10-7-11-15-23)32-38(5,33(49)30(48)28(20)37(40,3)4)25(46)16-26-39(32,19-53-26)57-21(2)45/h6-15,24-26,29-32,34,46,48,52H,16-19,41H2,1-5H3/t24-,25-,26+,29-,30+,31+,32-,34-,38+,39-,40+/m0/s1. The molecule has 3 fully saturated rings. The van der Waals surface area contributed by atoms with Crippen LogP contribution < -0.4 is 0 Å². The van der Waals surface area contributed by atoms with Gasteiger partial charge in [-0.3, -0.25) is 19.4 Å². The van der Waals surface area contributed by atoms with Crippen LogP contribution in [0.25, 0.3) is 0 Å². The normalized spacial score (nSPS) is 33.9. The number of rotatable bonds is 10. The van der Waals surface area contributed by atoms with E-state index in [1.807, 2.05) is 0 Å². The highest BCUT2D eigenvalue weighted by Gasteiger charge is 2.78. The Bertz CT molecular complexity index is 1980. The van der Waals surface area contributed by atoms with Crippen LogP contribution in [0.3, 0.4) is 0 Å². The van der Waals surface area contributed by atoms with Crippen molar-refractivity contribution in [1.82, 2.24) is 0 Å². The second-order valence-corrected chi connectivity index (χ2v) is 16.1. The molecule has 2 aromatic carbocycles. The van der Waals surface area contributed by atoms with E-state index in [1.54, 1.807) is 62.4 Å². The molecule has 0 radical (unpaired) electrons. The van der Waals surface area contributed by atoms with Gasteiger partial charge in [0, 0.05) is 25.2 Å². The Morgan fingerprint density at radius 2 is 1.65 bits per heavy atom. The summed E-state index contributed by atoms with van der Waals surface area (Å²) in [5.74, 6) is -6.81. The van der Waals surface area contributed by atoms with Gasteiger partial charge in [-0.05, 0) is 42.7 Å². The Labute approximate surface area is 335 Å². The molecule has 304 valence electrons. The van der Waals surface area contributed by atoms with Gasteiger partial charge in [0.05, 0.1) is 29.6 Å². The van der Waals surface area contributed by atoms with Gasteiger partial charge in [-0.25, -0.2) is 9.59 Å². The maximum atomic E-state index is 15.0. The van der Waals surface area contributed by atoms with Gasteiger partial charge in [0.1, 0.15) is 41.9 Å². The summed E-state index contributed by atoms with van der Waals surface area (Å²) in [6.45, 7) is 6.89. The van der Waals surface area contributed by atoms with Crippen molar-refractivity contribution in [2.45, 2.75) is 101 Å². The van der Waals surface area contributed by atoms with Crippen LogP contribution in [0.4, 0.5) is 0 Å². The van der Waals surface area contributed by atoms with Crippen LogP contribution in [-0.2, 0) is 42.9 Å². The summed E-state index contributed by atoms with van der Waals surface area (Å²) in [4.78, 5) is 68.9. The van der Waals surface area contributed by atoms with Crippen molar-refractivity contribution in [2.75, 3.05) is 12.5 Å². The molecule has 0 unspecified atom stereocenters. The van der Waals surface area contributed by atoms with E-state index in [9.17, 15) is 39.3 Å². The van der Waals surface area contributed by atoms with Crippen molar-refractivity contribution >= 4 is 49.2 Å². The van der Waals surface area contributed by atoms with E-state index in [2.05, 4.69) is 10.1 Å². The Kier molecular flexibility index (Phi) is 11.6. The number of nitrogens with zero attached hydrogens (tertiary/aromatic N) is 2. The predicted octanol–water partition coefficient (Wildman–Crippen LogP) is 2.52. The number of esters is 4. The maximum Gasteiger partial charge on any atom is 0.350 e. The first-order valence-electron chi connectivity index (χ1n) is 18.6. The van der Waals surface area contributed by atoms with Crippen molar-refractivity contribution in [3.05, 3.63) is 82.9 Å². The second-order valence-electron chi connectivity index (χ2n) is 15.8. The van der Waals surface area contributed by atoms with Gasteiger partial charge in [0.15, 0.2) is 11.4 Å². The number of fused-ring (bicyclic) bond motifs is 5. The molecule has 0 amide bonds. The summed E-state index contributed by atoms with van der Waals surface area (Å²) in [5, 5.41) is 45.5. The topological polar surface area (TPSA) is 217 Å². The zero-order valence-corrected chi connectivity index (χ0v) is 33.2. The lowest BCUT2D eigenvalue weighted by Gasteiger charge is -2.67. The van der Waals surface area contributed by atoms with Gasteiger partial charge in [-0.2, -0.15) is 5.11 Å². The van der Waals surface area contributed by atoms with E-state index in [0.29, 0.717) is 5.56 Å². The van der Waals surface area contributed by atoms with E-state index in [1.165, 1.54) is 34.0 Å². The first kappa shape index (κ1) is 42.1. The number of Topliss-reactive ketones (excluding diaryl/α,β-unsaturated/α-hetero) is 1. The monoisotopic (exact) mass is 808 g/mol. The summed E-state index contributed by atoms with van der Waals surface area (Å²) < 4.78 is 29.8. The molecule has 1 aliphatic heterocycles. The van der Waals surface area contributed by atoms with Gasteiger partial charge in [0.25, 0.3) is 7.98 Å². The third-order valence-electron chi connectivity index (χ3n) is 12.4. The molecular weight excluding hydrogens is 763 g/mol. The average Bonchev–Trinajstić information content (AvgIpc) is 3.17. The van der Waals surface area contributed by atoms with Crippen molar-refractivity contribution in [3.8, 4) is 0 Å². The zero-order valence-electron chi connectivity index (χ0n) is 32.4. The summed E-state index contributed by atoms with van der Waals surface area (Å²) in [7, 11) is 1.37. The van der Waals surface area contributed by atoms with Crippen molar-refractivity contribution in [3.63, 3.8) is 0 Å². The number of halogens is 1. The molecule has 0 spiro atoms. The molecule has 4 aliphatic rings. The maximum absolute atomic E-state index is 15.0. The Morgan fingerprint density at radius 3 is 2.21 bits per heavy atom. The summed E-state index contributed by atoms with van der Waals surface area (Å²) in [6, 6.07) is 15.1. The lowest BCUT2D eigenvalue weighted by atomic mass is 9.44. The molecule has 0 aromatic heterocycles. The minimum Gasteiger partial charge on any atom is -0.455 e. The third kappa shape index (κ3) is 6.88. The van der Waals surface area contributed by atoms with Crippen LogP contribution in [-0.4, -0.2) is 113 Å². The van der Waals surface area contributed by atoms with Crippen molar-refractivity contribution in [2.24, 2.45) is 26.9 Å². The molecule has 3 aliphatic carbocycles. The molecule has 17 heteroatoms. The molecule has 1 saturated heterocycles. The van der Waals surface area contributed by atoms with Crippen LogP contribution in [0, 0.1) is 16.7 Å². The van der Waals surface area contributed by atoms with Gasteiger partial charge in [0.2, 0.25) is 6.10 Å². The summed E-state index contributed by atoms with van der Waals surface area (Å²) in [5.41, 5.74) is -7.07. The van der Waals surface area contributed by atoms with E-state index in [-0.39, 0.29) is 29.7 Å². The molecule has 2 aromatic rings. The van der Waals surface area contributed by atoms with E-state index in [0.717, 1.165) is 6.92 Å². The van der Waals surface area contributed by atoms with Crippen LogP contribution >= 0.6 is 11.6 Å². The molecule has 1 heterocycles. The van der Waals surface area contributed by atoms with Crippen LogP contribution in [0.2, 0.25) is 0 Å². The van der Waals surface area contributed by atoms with Crippen molar-refractivity contribution in [1.29, 1.82) is 0 Å². The molecule has 57 heavy (non-hydrogen) atoms. The third-order valence-corrected chi connectivity index (χ3v) is 12.7. The lowest BCUT2D eigenvalue weighted by Crippen LogP contribution is -2.81. The fourth-order valence-electron chi connectivity index (χ4n) is 9.47. The van der Waals surface area contributed by atoms with Gasteiger partial charge in [-0.1, -0.05) is 62.4 Å². The SMILES string of the molecule is BN=N[C@@H](c1ccccc1)[C@@H](OC(=O)CCl)C(=O)O[C@H]1C[C@@]2(O)[C@@H](OC(=O)c3ccccc3)[C@@H]3[C@]4(OC(C)=O)CO[C@@H]4C[C@H](O)[C@@]3(C)C(=O)[C@H](O)C(=C1C)C2(C)C. The van der Waals surface area contributed by atoms with E-state index in [4.69, 9.17) is 35.3 Å². The molecule has 2 bridgehead atoms. The first-order valence-corrected chi connectivity index (χ1v) is 19.1. The van der Waals surface area contributed by atoms with Gasteiger partial charge in [-0.15, -0.1) is 11.6 Å². The zero-order chi connectivity index (χ0) is 41.7. The number of aliphatic hydroxyl groups is 3. The number of aliphatic hydroxyl groups excluding tert-OH is 2. The molecule has 3 N–H and O–H groups in total. The number of ketones is 1. The highest BCUT2D eigenvalue weighted by Crippen LogP contribution is 2.64. The van der Waals surface area contributed by atoms with Crippen LogP contribution in [0.5, 0.6) is 0 Å². The van der Waals surface area contributed by atoms with E-state index >= 15 is 0 Å². The molecule has 2 saturated carbocycles. The molecule has 11 atom stereocenters. The first-order chi connectivity index (χ1) is 26.9. The minimum absolute atomic E-state index is 0.0534. The van der Waals surface area contributed by atoms with Crippen LogP contribution in [0.15, 0.2) is 81.9 Å². The number of hydrogen-bond donors (Lipinski definition) is 3. The number of ether oxygens (including phenoxy) is 5. The molecule has 15 nitrogen and oxygen atoms in total.